The van der Waals surface area contributed by atoms with E-state index in [-0.39, 0.29) is 16.5 Å². The number of benzene rings is 2. The molecule has 0 unspecified atom stereocenters. The molecule has 33 heavy (non-hydrogen) atoms. The number of aryl methyl sites for hydroxylation is 1. The van der Waals surface area contributed by atoms with Gasteiger partial charge in [-0.15, -0.1) is 0 Å². The summed E-state index contributed by atoms with van der Waals surface area (Å²) < 4.78 is 2.00. The Hall–Kier alpha value is -3.87. The molecule has 2 aliphatic rings. The number of fused-ring (bicyclic) bond motifs is 1. The Balaban J connectivity index is 1.53. The fourth-order valence-electron chi connectivity index (χ4n) is 4.99. The minimum Gasteiger partial charge on any atom is -0.377 e. The first-order chi connectivity index (χ1) is 15.9. The molecule has 1 saturated carbocycles. The Kier molecular flexibility index (Phi) is 5.24. The first-order valence-electron chi connectivity index (χ1n) is 11.3. The molecule has 0 atom stereocenters. The average molecular weight is 443 g/mol. The van der Waals surface area contributed by atoms with Gasteiger partial charge in [-0.25, -0.2) is 0 Å². The van der Waals surface area contributed by atoms with Gasteiger partial charge in [-0.2, -0.15) is 0 Å². The van der Waals surface area contributed by atoms with Gasteiger partial charge < -0.3 is 15.2 Å². The smallest absolute Gasteiger partial charge is 0.294 e. The zero-order chi connectivity index (χ0) is 23.1. The number of carbonyl (C=O) groups is 1. The van der Waals surface area contributed by atoms with Crippen molar-refractivity contribution >= 4 is 34.6 Å². The number of rotatable bonds is 5. The molecule has 3 aromatic rings. The summed E-state index contributed by atoms with van der Waals surface area (Å²) in [6, 6.07) is 15.3. The monoisotopic (exact) mass is 442 g/mol. The highest BCUT2D eigenvalue weighted by atomic mass is 16.6. The Morgan fingerprint density at radius 3 is 2.64 bits per heavy atom. The number of para-hydroxylation sites is 1. The molecule has 7 nitrogen and oxygen atoms in total. The van der Waals surface area contributed by atoms with Crippen molar-refractivity contribution in [3.05, 3.63) is 81.2 Å². The van der Waals surface area contributed by atoms with E-state index in [1.807, 2.05) is 67.0 Å². The lowest BCUT2D eigenvalue weighted by Crippen LogP contribution is -2.15. The Labute approximate surface area is 192 Å². The molecule has 0 spiro atoms. The van der Waals surface area contributed by atoms with Gasteiger partial charge in [0.15, 0.2) is 0 Å². The van der Waals surface area contributed by atoms with Crippen molar-refractivity contribution in [1.82, 2.24) is 4.57 Å². The standard InChI is InChI=1S/C26H26N4O3/c1-16-13-18(14-22-21-9-5-6-10-23(21)28-26(22)31)17(2)29(16)20-11-12-24(25(15-20)30(32)33)27-19-7-3-4-8-19/h5-6,9-15,19,27H,3-4,7-8H2,1-2H3,(H,28,31)/b22-14+. The first-order valence-corrected chi connectivity index (χ1v) is 11.3. The van der Waals surface area contributed by atoms with Gasteiger partial charge in [-0.05, 0) is 62.6 Å². The van der Waals surface area contributed by atoms with Gasteiger partial charge >= 0.3 is 0 Å². The summed E-state index contributed by atoms with van der Waals surface area (Å²) >= 11 is 0. The van der Waals surface area contributed by atoms with Crippen molar-refractivity contribution in [1.29, 1.82) is 0 Å². The quantitative estimate of drug-likeness (QED) is 0.295. The van der Waals surface area contributed by atoms with Gasteiger partial charge in [0.1, 0.15) is 5.69 Å². The number of nitrogens with one attached hydrogen (secondary N) is 2. The van der Waals surface area contributed by atoms with Gasteiger partial charge in [0.25, 0.3) is 11.6 Å². The van der Waals surface area contributed by atoms with Gasteiger partial charge in [0.2, 0.25) is 0 Å². The predicted octanol–water partition coefficient (Wildman–Crippen LogP) is 5.85. The van der Waals surface area contributed by atoms with Crippen LogP contribution in [0.25, 0.3) is 17.3 Å². The van der Waals surface area contributed by atoms with Crippen molar-refractivity contribution in [2.75, 3.05) is 10.6 Å². The number of anilines is 2. The largest absolute Gasteiger partial charge is 0.377 e. The third kappa shape index (κ3) is 3.80. The van der Waals surface area contributed by atoms with Crippen LogP contribution in [0, 0.1) is 24.0 Å². The van der Waals surface area contributed by atoms with Crippen LogP contribution in [-0.2, 0) is 4.79 Å². The van der Waals surface area contributed by atoms with Gasteiger partial charge in [0, 0.05) is 40.3 Å². The molecule has 1 aliphatic heterocycles. The number of amides is 1. The molecule has 2 heterocycles. The van der Waals surface area contributed by atoms with E-state index in [1.165, 1.54) is 0 Å². The zero-order valence-corrected chi connectivity index (χ0v) is 18.7. The number of nitrogens with zero attached hydrogens (tertiary/aromatic N) is 2. The van der Waals surface area contributed by atoms with Crippen LogP contribution >= 0.6 is 0 Å². The van der Waals surface area contributed by atoms with Crippen LogP contribution in [0.4, 0.5) is 17.1 Å². The molecule has 5 rings (SSSR count). The second-order valence-electron chi connectivity index (χ2n) is 8.80. The van der Waals surface area contributed by atoms with E-state index in [0.29, 0.717) is 17.3 Å². The summed E-state index contributed by atoms with van der Waals surface area (Å²) in [5.74, 6) is -0.126. The second-order valence-corrected chi connectivity index (χ2v) is 8.80. The number of nitro benzene ring substituents is 1. The highest BCUT2D eigenvalue weighted by Gasteiger charge is 2.25. The lowest BCUT2D eigenvalue weighted by molar-refractivity contribution is -0.384. The predicted molar refractivity (Wildman–Crippen MR) is 131 cm³/mol. The van der Waals surface area contributed by atoms with E-state index in [0.717, 1.165) is 59.6 Å². The van der Waals surface area contributed by atoms with Crippen LogP contribution in [0.3, 0.4) is 0 Å². The lowest BCUT2D eigenvalue weighted by atomic mass is 10.0. The van der Waals surface area contributed by atoms with Crippen LogP contribution in [0.2, 0.25) is 0 Å². The van der Waals surface area contributed by atoms with Gasteiger partial charge in [-0.1, -0.05) is 31.0 Å². The number of nitro groups is 1. The summed E-state index contributed by atoms with van der Waals surface area (Å²) in [6.07, 6.45) is 6.30. The molecule has 0 bridgehead atoms. The molecule has 1 aromatic heterocycles. The topological polar surface area (TPSA) is 89.2 Å². The van der Waals surface area contributed by atoms with Crippen LogP contribution in [0.1, 0.15) is 48.2 Å². The van der Waals surface area contributed by atoms with E-state index in [2.05, 4.69) is 10.6 Å². The highest BCUT2D eigenvalue weighted by Crippen LogP contribution is 2.35. The summed E-state index contributed by atoms with van der Waals surface area (Å²) in [7, 11) is 0. The number of aromatic nitrogens is 1. The molecule has 1 fully saturated rings. The number of carbonyl (C=O) groups excluding carboxylic acids is 1. The van der Waals surface area contributed by atoms with Crippen LogP contribution in [0.15, 0.2) is 48.5 Å². The maximum absolute atomic E-state index is 12.5. The highest BCUT2D eigenvalue weighted by molar-refractivity contribution is 6.34. The van der Waals surface area contributed by atoms with Crippen molar-refractivity contribution in [2.24, 2.45) is 0 Å². The number of hydrogen-bond acceptors (Lipinski definition) is 4. The minimum absolute atomic E-state index is 0.0795. The molecule has 2 aromatic carbocycles. The number of hydrogen-bond donors (Lipinski definition) is 2. The van der Waals surface area contributed by atoms with Crippen molar-refractivity contribution in [3.63, 3.8) is 0 Å². The summed E-state index contributed by atoms with van der Waals surface area (Å²) in [4.78, 5) is 24.1. The Bertz CT molecular complexity index is 1300. The molecule has 2 N–H and O–H groups in total. The maximum atomic E-state index is 12.5. The van der Waals surface area contributed by atoms with Crippen LogP contribution in [0.5, 0.6) is 0 Å². The average Bonchev–Trinajstić information content (AvgIpc) is 3.48. The van der Waals surface area contributed by atoms with E-state index in [9.17, 15) is 14.9 Å². The van der Waals surface area contributed by atoms with Crippen molar-refractivity contribution in [3.8, 4) is 5.69 Å². The third-order valence-electron chi connectivity index (χ3n) is 6.63. The van der Waals surface area contributed by atoms with Crippen molar-refractivity contribution in [2.45, 2.75) is 45.6 Å². The molecule has 168 valence electrons. The SMILES string of the molecule is Cc1cc(/C=C2/C(=O)Nc3ccccc32)c(C)n1-c1ccc(NC2CCCC2)c([N+](=O)[O-])c1. The molecule has 1 amide bonds. The molecule has 0 radical (unpaired) electrons. The molecule has 7 heteroatoms. The second kappa shape index (κ2) is 8.24. The normalized spacial score (nSPS) is 16.8. The van der Waals surface area contributed by atoms with Gasteiger partial charge in [-0.3, -0.25) is 14.9 Å². The summed E-state index contributed by atoms with van der Waals surface area (Å²) in [5.41, 5.74) is 6.46. The van der Waals surface area contributed by atoms with Crippen LogP contribution in [-0.4, -0.2) is 21.4 Å². The molecular formula is C26H26N4O3. The third-order valence-corrected chi connectivity index (χ3v) is 6.63. The minimum atomic E-state index is -0.322. The first kappa shape index (κ1) is 21.0. The molecule has 0 saturated heterocycles. The molecular weight excluding hydrogens is 416 g/mol. The summed E-state index contributed by atoms with van der Waals surface area (Å²) in [5, 5.41) is 18.1. The zero-order valence-electron chi connectivity index (χ0n) is 18.7. The fourth-order valence-corrected chi connectivity index (χ4v) is 4.99. The maximum Gasteiger partial charge on any atom is 0.294 e. The van der Waals surface area contributed by atoms with E-state index >= 15 is 0 Å². The molecule has 1 aliphatic carbocycles. The summed E-state index contributed by atoms with van der Waals surface area (Å²) in [6.45, 7) is 3.93. The fraction of sp³-hybridized carbons (Fsp3) is 0.269. The van der Waals surface area contributed by atoms with E-state index < -0.39 is 0 Å². The lowest BCUT2D eigenvalue weighted by Gasteiger charge is -2.15. The van der Waals surface area contributed by atoms with Crippen LogP contribution < -0.4 is 10.6 Å². The van der Waals surface area contributed by atoms with Gasteiger partial charge in [0.05, 0.1) is 10.6 Å². The van der Waals surface area contributed by atoms with E-state index in [1.54, 1.807) is 6.07 Å². The van der Waals surface area contributed by atoms with E-state index in [4.69, 9.17) is 0 Å². The Morgan fingerprint density at radius 1 is 1.12 bits per heavy atom. The van der Waals surface area contributed by atoms with Crippen molar-refractivity contribution < 1.29 is 9.72 Å². The Morgan fingerprint density at radius 2 is 1.88 bits per heavy atom.